The van der Waals surface area contributed by atoms with Gasteiger partial charge in [-0.05, 0) is 36.5 Å². The zero-order valence-electron chi connectivity index (χ0n) is 14.3. The molecule has 0 radical (unpaired) electrons. The molecular weight excluding hydrogens is 364 g/mol. The highest BCUT2D eigenvalue weighted by Gasteiger charge is 2.22. The van der Waals surface area contributed by atoms with Crippen molar-refractivity contribution in [1.82, 2.24) is 10.6 Å². The number of carboxylic acid groups (broad SMARTS) is 1. The van der Waals surface area contributed by atoms with Gasteiger partial charge >= 0.3 is 5.97 Å². The molecule has 3 N–H and O–H groups in total. The minimum absolute atomic E-state index is 0.0261. The molecule has 0 aliphatic carbocycles. The first-order valence-corrected chi connectivity index (χ1v) is 9.66. The van der Waals surface area contributed by atoms with Crippen LogP contribution in [0.25, 0.3) is 0 Å². The smallest absolute Gasteiger partial charge is 0.303 e. The average Bonchev–Trinajstić information content (AvgIpc) is 2.56. The van der Waals surface area contributed by atoms with Gasteiger partial charge in [0.25, 0.3) is 5.91 Å². The van der Waals surface area contributed by atoms with Crippen molar-refractivity contribution >= 4 is 41.1 Å². The van der Waals surface area contributed by atoms with Gasteiger partial charge in [-0.3, -0.25) is 14.4 Å². The van der Waals surface area contributed by atoms with Gasteiger partial charge in [0.2, 0.25) is 5.91 Å². The van der Waals surface area contributed by atoms with Gasteiger partial charge in [-0.1, -0.05) is 30.7 Å². The molecule has 0 aromatic heterocycles. The lowest BCUT2D eigenvalue weighted by molar-refractivity contribution is -0.138. The molecular formula is C17H23ClN2O4S. The lowest BCUT2D eigenvalue weighted by atomic mass is 10.1. The van der Waals surface area contributed by atoms with E-state index >= 15 is 0 Å². The molecule has 0 aliphatic rings. The number of carboxylic acids is 1. The van der Waals surface area contributed by atoms with E-state index in [2.05, 4.69) is 10.6 Å². The Kier molecular flexibility index (Phi) is 9.37. The molecule has 0 bridgehead atoms. The molecule has 2 amide bonds. The zero-order chi connectivity index (χ0) is 18.8. The Balaban J connectivity index is 2.69. The fraction of sp³-hybridized carbons (Fsp3) is 0.471. The number of nitrogens with one attached hydrogen (secondary N) is 2. The molecule has 0 aliphatic heterocycles. The van der Waals surface area contributed by atoms with Crippen molar-refractivity contribution in [1.29, 1.82) is 0 Å². The molecule has 6 nitrogen and oxygen atoms in total. The predicted octanol–water partition coefficient (Wildman–Crippen LogP) is 2.42. The first kappa shape index (κ1) is 21.3. The highest BCUT2D eigenvalue weighted by Crippen LogP contribution is 2.15. The second-order valence-electron chi connectivity index (χ2n) is 5.74. The van der Waals surface area contributed by atoms with Crippen LogP contribution < -0.4 is 10.6 Å². The lowest BCUT2D eigenvalue weighted by Gasteiger charge is -2.19. The number of halogens is 1. The van der Waals surface area contributed by atoms with Crippen molar-refractivity contribution in [2.24, 2.45) is 5.92 Å². The lowest BCUT2D eigenvalue weighted by Crippen LogP contribution is -2.48. The first-order chi connectivity index (χ1) is 11.8. The van der Waals surface area contributed by atoms with Crippen LogP contribution in [0, 0.1) is 5.92 Å². The number of benzene rings is 1. The highest BCUT2D eigenvalue weighted by atomic mass is 35.5. The SMILES string of the molecule is CSCCC(NC(=O)c1ccccc1Cl)C(=O)NCC(C)CC(=O)O. The number of amides is 2. The molecule has 2 unspecified atom stereocenters. The Morgan fingerprint density at radius 1 is 1.28 bits per heavy atom. The molecule has 25 heavy (non-hydrogen) atoms. The maximum Gasteiger partial charge on any atom is 0.303 e. The van der Waals surface area contributed by atoms with E-state index in [0.717, 1.165) is 0 Å². The van der Waals surface area contributed by atoms with E-state index in [1.807, 2.05) is 6.26 Å². The predicted molar refractivity (Wildman–Crippen MR) is 100 cm³/mol. The number of carbonyl (C=O) groups is 3. The van der Waals surface area contributed by atoms with Crippen LogP contribution in [0.4, 0.5) is 0 Å². The number of aliphatic carboxylic acids is 1. The summed E-state index contributed by atoms with van der Waals surface area (Å²) in [5.74, 6) is -1.14. The van der Waals surface area contributed by atoms with Gasteiger partial charge in [-0.2, -0.15) is 11.8 Å². The van der Waals surface area contributed by atoms with Gasteiger partial charge in [0, 0.05) is 13.0 Å². The molecule has 0 fully saturated rings. The number of hydrogen-bond acceptors (Lipinski definition) is 4. The van der Waals surface area contributed by atoms with Crippen molar-refractivity contribution in [2.75, 3.05) is 18.6 Å². The topological polar surface area (TPSA) is 95.5 Å². The van der Waals surface area contributed by atoms with Crippen LogP contribution in [-0.4, -0.2) is 47.5 Å². The summed E-state index contributed by atoms with van der Waals surface area (Å²) in [7, 11) is 0. The van der Waals surface area contributed by atoms with Gasteiger partial charge in [0.1, 0.15) is 6.04 Å². The van der Waals surface area contributed by atoms with E-state index in [-0.39, 0.29) is 24.8 Å². The zero-order valence-corrected chi connectivity index (χ0v) is 15.8. The summed E-state index contributed by atoms with van der Waals surface area (Å²) in [5.41, 5.74) is 0.311. The third kappa shape index (κ3) is 7.79. The number of carbonyl (C=O) groups excluding carboxylic acids is 2. The summed E-state index contributed by atoms with van der Waals surface area (Å²) in [5, 5.41) is 14.5. The fourth-order valence-corrected chi connectivity index (χ4v) is 2.85. The minimum atomic E-state index is -0.910. The molecule has 8 heteroatoms. The summed E-state index contributed by atoms with van der Waals surface area (Å²) in [6, 6.07) is 5.93. The van der Waals surface area contributed by atoms with Gasteiger partial charge in [-0.15, -0.1) is 0 Å². The van der Waals surface area contributed by atoms with Crippen LogP contribution in [0.2, 0.25) is 5.02 Å². The Morgan fingerprint density at radius 3 is 2.56 bits per heavy atom. The van der Waals surface area contributed by atoms with Crippen LogP contribution in [0.1, 0.15) is 30.1 Å². The summed E-state index contributed by atoms with van der Waals surface area (Å²) < 4.78 is 0. The molecule has 1 rings (SSSR count). The fourth-order valence-electron chi connectivity index (χ4n) is 2.15. The van der Waals surface area contributed by atoms with Gasteiger partial charge < -0.3 is 15.7 Å². The number of thioether (sulfide) groups is 1. The van der Waals surface area contributed by atoms with Gasteiger partial charge in [-0.25, -0.2) is 0 Å². The number of hydrogen-bond donors (Lipinski definition) is 3. The maximum absolute atomic E-state index is 12.4. The summed E-state index contributed by atoms with van der Waals surface area (Å²) in [4.78, 5) is 35.4. The summed E-state index contributed by atoms with van der Waals surface area (Å²) in [6.45, 7) is 1.98. The normalized spacial score (nSPS) is 12.9. The Morgan fingerprint density at radius 2 is 1.96 bits per heavy atom. The van der Waals surface area contributed by atoms with Crippen LogP contribution in [0.5, 0.6) is 0 Å². The maximum atomic E-state index is 12.4. The van der Waals surface area contributed by atoms with Crippen molar-refractivity contribution in [3.63, 3.8) is 0 Å². The molecule has 1 aromatic rings. The second-order valence-corrected chi connectivity index (χ2v) is 7.13. The largest absolute Gasteiger partial charge is 0.481 e. The van der Waals surface area contributed by atoms with Crippen molar-refractivity contribution < 1.29 is 19.5 Å². The molecule has 2 atom stereocenters. The Hall–Kier alpha value is -1.73. The summed E-state index contributed by atoms with van der Waals surface area (Å²) >= 11 is 7.59. The Labute approximate surface area is 156 Å². The first-order valence-electron chi connectivity index (χ1n) is 7.89. The van der Waals surface area contributed by atoms with Crippen LogP contribution in [-0.2, 0) is 9.59 Å². The third-order valence-electron chi connectivity index (χ3n) is 3.50. The molecule has 0 heterocycles. The van der Waals surface area contributed by atoms with E-state index in [1.54, 1.807) is 43.0 Å². The van der Waals surface area contributed by atoms with Crippen LogP contribution in [0.3, 0.4) is 0 Å². The monoisotopic (exact) mass is 386 g/mol. The van der Waals surface area contributed by atoms with Crippen molar-refractivity contribution in [2.45, 2.75) is 25.8 Å². The minimum Gasteiger partial charge on any atom is -0.481 e. The van der Waals surface area contributed by atoms with E-state index in [0.29, 0.717) is 22.8 Å². The molecule has 0 spiro atoms. The van der Waals surface area contributed by atoms with Crippen LogP contribution >= 0.6 is 23.4 Å². The molecule has 138 valence electrons. The summed E-state index contributed by atoms with van der Waals surface area (Å²) in [6.07, 6.45) is 2.36. The van der Waals surface area contributed by atoms with E-state index in [1.165, 1.54) is 0 Å². The number of rotatable bonds is 10. The second kappa shape index (κ2) is 11.0. The van der Waals surface area contributed by atoms with E-state index in [9.17, 15) is 14.4 Å². The van der Waals surface area contributed by atoms with Gasteiger partial charge in [0.15, 0.2) is 0 Å². The van der Waals surface area contributed by atoms with Crippen molar-refractivity contribution in [3.8, 4) is 0 Å². The van der Waals surface area contributed by atoms with E-state index in [4.69, 9.17) is 16.7 Å². The van der Waals surface area contributed by atoms with E-state index < -0.39 is 17.9 Å². The van der Waals surface area contributed by atoms with Crippen molar-refractivity contribution in [3.05, 3.63) is 34.9 Å². The Bertz CT molecular complexity index is 612. The standard InChI is InChI=1S/C17H23ClN2O4S/c1-11(9-15(21)22)10-19-17(24)14(7-8-25-2)20-16(23)12-5-3-4-6-13(12)18/h3-6,11,14H,7-10H2,1-2H3,(H,19,24)(H,20,23)(H,21,22). The van der Waals surface area contributed by atoms with Crippen LogP contribution in [0.15, 0.2) is 24.3 Å². The van der Waals surface area contributed by atoms with Gasteiger partial charge in [0.05, 0.1) is 10.6 Å². The third-order valence-corrected chi connectivity index (χ3v) is 4.47. The molecule has 1 aromatic carbocycles. The molecule has 0 saturated carbocycles. The molecule has 0 saturated heterocycles. The quantitative estimate of drug-likeness (QED) is 0.574. The average molecular weight is 387 g/mol. The highest BCUT2D eigenvalue weighted by molar-refractivity contribution is 7.98.